The van der Waals surface area contributed by atoms with Crippen LogP contribution in [0, 0.1) is 0 Å². The van der Waals surface area contributed by atoms with Crippen LogP contribution >= 0.6 is 0 Å². The van der Waals surface area contributed by atoms with E-state index in [0.717, 1.165) is 96.6 Å². The molecule has 4 aromatic heterocycles. The van der Waals surface area contributed by atoms with Crippen molar-refractivity contribution in [2.24, 2.45) is 0 Å². The van der Waals surface area contributed by atoms with Crippen LogP contribution in [-0.2, 0) is 0 Å². The zero-order valence-electron chi connectivity index (χ0n) is 28.1. The van der Waals surface area contributed by atoms with Crippen LogP contribution in [-0.4, -0.2) is 90.8 Å². The molecule has 1 aliphatic rings. The summed E-state index contributed by atoms with van der Waals surface area (Å²) in [6, 6.07) is 23.6. The highest BCUT2D eigenvalue weighted by Gasteiger charge is 2.24. The lowest BCUT2D eigenvalue weighted by Gasteiger charge is -2.40. The fourth-order valence-electron chi connectivity index (χ4n) is 7.89. The summed E-state index contributed by atoms with van der Waals surface area (Å²) in [5, 5.41) is 27.1. The summed E-state index contributed by atoms with van der Waals surface area (Å²) in [7, 11) is 0. The van der Waals surface area contributed by atoms with Crippen LogP contribution in [0.15, 0.2) is 82.4 Å². The third-order valence-corrected chi connectivity index (χ3v) is 10.5. The Kier molecular flexibility index (Phi) is 7.43. The van der Waals surface area contributed by atoms with Gasteiger partial charge in [0.15, 0.2) is 10.9 Å². The molecule has 0 bridgehead atoms. The van der Waals surface area contributed by atoms with Crippen LogP contribution in [0.1, 0.15) is 26.7 Å². The molecule has 0 amide bonds. The first-order chi connectivity index (χ1) is 24.5. The second kappa shape index (κ2) is 12.1. The van der Waals surface area contributed by atoms with Crippen molar-refractivity contribution in [3.05, 3.63) is 93.2 Å². The molecule has 1 saturated heterocycles. The maximum Gasteiger partial charge on any atom is 0.199 e. The lowest BCUT2D eigenvalue weighted by atomic mass is 10.1. The normalized spacial score (nSPS) is 16.9. The van der Waals surface area contributed by atoms with Crippen LogP contribution in [0.2, 0.25) is 0 Å². The summed E-state index contributed by atoms with van der Waals surface area (Å²) in [6.07, 6.45) is 1.93. The Morgan fingerprint density at radius 1 is 0.760 bits per heavy atom. The van der Waals surface area contributed by atoms with Gasteiger partial charge in [-0.3, -0.25) is 14.5 Å². The number of para-hydroxylation sites is 2. The van der Waals surface area contributed by atoms with Gasteiger partial charge in [0.1, 0.15) is 22.1 Å². The third-order valence-electron chi connectivity index (χ3n) is 10.5. The molecule has 1 fully saturated rings. The Balaban J connectivity index is 0.802. The van der Waals surface area contributed by atoms with Gasteiger partial charge in [-0.25, -0.2) is 9.03 Å². The molecule has 8 aromatic rings. The number of pyridine rings is 2. The third kappa shape index (κ3) is 4.97. The van der Waals surface area contributed by atoms with Gasteiger partial charge >= 0.3 is 0 Å². The van der Waals surface area contributed by atoms with E-state index in [0.29, 0.717) is 27.6 Å². The van der Waals surface area contributed by atoms with Crippen LogP contribution in [0.4, 0.5) is 11.4 Å². The number of nitrogens with one attached hydrogen (secondary N) is 2. The molecule has 12 heteroatoms. The van der Waals surface area contributed by atoms with Crippen LogP contribution in [0.3, 0.4) is 0 Å². The van der Waals surface area contributed by atoms with E-state index in [2.05, 4.69) is 54.9 Å². The molecule has 2 N–H and O–H groups in total. The maximum atomic E-state index is 13.6. The lowest BCUT2D eigenvalue weighted by Crippen LogP contribution is -2.52. The molecule has 2 unspecified atom stereocenters. The predicted octanol–water partition coefficient (Wildman–Crippen LogP) is 4.68. The van der Waals surface area contributed by atoms with E-state index in [4.69, 9.17) is 0 Å². The highest BCUT2D eigenvalue weighted by atomic mass is 16.1. The Bertz CT molecular complexity index is 2640. The van der Waals surface area contributed by atoms with E-state index < -0.39 is 0 Å². The van der Waals surface area contributed by atoms with Gasteiger partial charge in [0.05, 0.1) is 21.8 Å². The van der Waals surface area contributed by atoms with E-state index in [9.17, 15) is 9.59 Å². The fourth-order valence-corrected chi connectivity index (χ4v) is 7.89. The summed E-state index contributed by atoms with van der Waals surface area (Å²) < 4.78 is 3.58. The molecule has 2 atom stereocenters. The van der Waals surface area contributed by atoms with Gasteiger partial charge in [0.2, 0.25) is 0 Å². The first-order valence-electron chi connectivity index (χ1n) is 17.5. The average molecular weight is 667 g/mol. The van der Waals surface area contributed by atoms with Crippen molar-refractivity contribution < 1.29 is 0 Å². The van der Waals surface area contributed by atoms with Crippen LogP contribution < -0.4 is 21.5 Å². The number of rotatable bonds is 10. The Morgan fingerprint density at radius 2 is 1.36 bits per heavy atom. The highest BCUT2D eigenvalue weighted by molar-refractivity contribution is 6.07. The second-order valence-corrected chi connectivity index (χ2v) is 13.7. The highest BCUT2D eigenvalue weighted by Crippen LogP contribution is 2.29. The topological polar surface area (TPSA) is 125 Å². The number of anilines is 2. The van der Waals surface area contributed by atoms with Gasteiger partial charge in [-0.05, 0) is 81.8 Å². The summed E-state index contributed by atoms with van der Waals surface area (Å²) in [5.74, 6) is 0. The Labute approximate surface area is 286 Å². The lowest BCUT2D eigenvalue weighted by molar-refractivity contribution is 0.0817. The van der Waals surface area contributed by atoms with Crippen molar-refractivity contribution in [1.29, 1.82) is 0 Å². The molecule has 0 aliphatic carbocycles. The van der Waals surface area contributed by atoms with Crippen LogP contribution in [0.25, 0.3) is 54.6 Å². The van der Waals surface area contributed by atoms with E-state index in [1.807, 2.05) is 72.8 Å². The summed E-state index contributed by atoms with van der Waals surface area (Å²) in [4.78, 5) is 32.3. The second-order valence-electron chi connectivity index (χ2n) is 13.7. The van der Waals surface area contributed by atoms with E-state index in [1.165, 1.54) is 0 Å². The fraction of sp³-hybridized carbons (Fsp3) is 0.316. The van der Waals surface area contributed by atoms with E-state index in [-0.39, 0.29) is 16.9 Å². The number of fused-ring (bicyclic) bond motifs is 4. The van der Waals surface area contributed by atoms with Crippen molar-refractivity contribution in [3.8, 4) is 0 Å². The minimum Gasteiger partial charge on any atom is -0.384 e. The Morgan fingerprint density at radius 3 is 2.00 bits per heavy atom. The molecule has 5 heterocycles. The smallest absolute Gasteiger partial charge is 0.199 e. The van der Waals surface area contributed by atoms with Crippen molar-refractivity contribution in [2.75, 3.05) is 49.9 Å². The van der Waals surface area contributed by atoms with Gasteiger partial charge in [-0.2, -0.15) is 0 Å². The van der Waals surface area contributed by atoms with Gasteiger partial charge in [0, 0.05) is 67.0 Å². The largest absolute Gasteiger partial charge is 0.384 e. The standard InChI is InChI=1S/C38H38N10O2/c1-23(40-28-13-15-30-36-34(28)38(50)26-9-4-6-11-32(26)48(36)44-42-30)16-19-46-21-20-45(22-24(46)2)18-7-17-39-27-12-14-29-35-33(27)37(49)25-8-3-5-10-31(25)47(35)43-41-29/h3-6,8-15,23-24,39-40H,7,16-22H2,1-2H3. The summed E-state index contributed by atoms with van der Waals surface area (Å²) in [5.41, 5.74) is 6.23. The van der Waals surface area contributed by atoms with Crippen molar-refractivity contribution in [2.45, 2.75) is 38.8 Å². The van der Waals surface area contributed by atoms with Crippen molar-refractivity contribution in [1.82, 2.24) is 39.5 Å². The zero-order valence-corrected chi connectivity index (χ0v) is 28.1. The van der Waals surface area contributed by atoms with Gasteiger partial charge in [-0.1, -0.05) is 34.7 Å². The average Bonchev–Trinajstić information content (AvgIpc) is 3.77. The zero-order chi connectivity index (χ0) is 33.9. The number of piperazine rings is 1. The maximum absolute atomic E-state index is 13.6. The Hall–Kier alpha value is -5.46. The molecule has 4 aromatic carbocycles. The molecule has 50 heavy (non-hydrogen) atoms. The number of hydrogen-bond donors (Lipinski definition) is 2. The number of hydrogen-bond acceptors (Lipinski definition) is 10. The minimum absolute atomic E-state index is 0.00957. The van der Waals surface area contributed by atoms with E-state index >= 15 is 0 Å². The number of nitrogens with zero attached hydrogens (tertiary/aromatic N) is 8. The van der Waals surface area contributed by atoms with E-state index in [1.54, 1.807) is 9.03 Å². The van der Waals surface area contributed by atoms with Crippen molar-refractivity contribution in [3.63, 3.8) is 0 Å². The van der Waals surface area contributed by atoms with Gasteiger partial charge in [-0.15, -0.1) is 10.2 Å². The number of benzene rings is 4. The molecule has 0 spiro atoms. The molecule has 0 radical (unpaired) electrons. The van der Waals surface area contributed by atoms with Gasteiger partial charge < -0.3 is 15.5 Å². The van der Waals surface area contributed by atoms with Crippen molar-refractivity contribution >= 4 is 66.0 Å². The SMILES string of the molecule is CC(CCN1CCN(CCCNc2ccc3nnn4c5ccccc5c(=O)c2c34)CC1C)Nc1ccc2nnn3c4ccccc4c(=O)c1c23. The molecule has 12 nitrogen and oxygen atoms in total. The predicted molar refractivity (Wildman–Crippen MR) is 199 cm³/mol. The first kappa shape index (κ1) is 30.6. The molecule has 1 aliphatic heterocycles. The minimum atomic E-state index is 0.00957. The molecular formula is C38H38N10O2. The first-order valence-corrected chi connectivity index (χ1v) is 17.5. The molecule has 0 saturated carbocycles. The summed E-state index contributed by atoms with van der Waals surface area (Å²) >= 11 is 0. The monoisotopic (exact) mass is 666 g/mol. The molecule has 252 valence electrons. The summed E-state index contributed by atoms with van der Waals surface area (Å²) in [6.45, 7) is 10.3. The number of aromatic nitrogens is 6. The van der Waals surface area contributed by atoms with Crippen LogP contribution in [0.5, 0.6) is 0 Å². The van der Waals surface area contributed by atoms with Gasteiger partial charge in [0.25, 0.3) is 0 Å². The molecular weight excluding hydrogens is 628 g/mol. The quantitative estimate of drug-likeness (QED) is 0.157. The molecule has 9 rings (SSSR count).